The maximum absolute atomic E-state index is 12.9. The molecule has 1 aliphatic heterocycles. The highest BCUT2D eigenvalue weighted by Crippen LogP contribution is 2.41. The highest BCUT2D eigenvalue weighted by atomic mass is 35.5. The van der Waals surface area contributed by atoms with E-state index < -0.39 is 0 Å². The zero-order valence-corrected chi connectivity index (χ0v) is 16.8. The first-order chi connectivity index (χ1) is 12.9. The third-order valence-corrected chi connectivity index (χ3v) is 6.46. The number of hydrogen-bond donors (Lipinski definition) is 0. The molecule has 0 N–H and O–H groups in total. The Bertz CT molecular complexity index is 914. The van der Waals surface area contributed by atoms with Crippen LogP contribution in [0.3, 0.4) is 0 Å². The molecule has 1 saturated carbocycles. The smallest absolute Gasteiger partial charge is 0.237 e. The molecule has 0 spiro atoms. The van der Waals surface area contributed by atoms with Gasteiger partial charge in [0, 0.05) is 0 Å². The van der Waals surface area contributed by atoms with Gasteiger partial charge < -0.3 is 0 Å². The molecular weight excluding hydrogens is 385 g/mol. The Balaban J connectivity index is 1.67. The first-order valence-corrected chi connectivity index (χ1v) is 10.00. The maximum Gasteiger partial charge on any atom is 0.237 e. The minimum absolute atomic E-state index is 0.0648. The van der Waals surface area contributed by atoms with E-state index in [9.17, 15) is 9.59 Å². The average Bonchev–Trinajstić information content (AvgIpc) is 3.05. The van der Waals surface area contributed by atoms with E-state index in [1.54, 1.807) is 12.1 Å². The fourth-order valence-corrected chi connectivity index (χ4v) is 4.68. The number of halogens is 2. The summed E-state index contributed by atoms with van der Waals surface area (Å²) in [6.45, 7) is 4.23. The van der Waals surface area contributed by atoms with Gasteiger partial charge in [0.05, 0.1) is 45.5 Å². The van der Waals surface area contributed by atoms with Crippen LogP contribution in [0.1, 0.15) is 42.6 Å². The normalized spacial score (nSPS) is 22.4. The second-order valence-corrected chi connectivity index (χ2v) is 8.25. The highest BCUT2D eigenvalue weighted by Gasteiger charge is 2.50. The van der Waals surface area contributed by atoms with Crippen LogP contribution in [-0.2, 0) is 16.1 Å². The maximum atomic E-state index is 12.9. The molecule has 1 saturated heterocycles. The van der Waals surface area contributed by atoms with Crippen LogP contribution in [0.2, 0.25) is 10.0 Å². The van der Waals surface area contributed by atoms with E-state index in [0.29, 0.717) is 28.0 Å². The van der Waals surface area contributed by atoms with Crippen molar-refractivity contribution in [3.05, 3.63) is 45.2 Å². The largest absolute Gasteiger partial charge is 0.274 e. The number of carbonyl (C=O) groups is 2. The average molecular weight is 406 g/mol. The Morgan fingerprint density at radius 3 is 2.26 bits per heavy atom. The number of nitrogens with zero attached hydrogens (tertiary/aromatic N) is 3. The SMILES string of the molecule is Cc1nn(Cc2ccc(Cl)c(Cl)c2)c(C)c1N1C(=O)[C@H]2CCCC[C@H]2C1=O. The number of rotatable bonds is 3. The lowest BCUT2D eigenvalue weighted by Crippen LogP contribution is -2.31. The molecule has 142 valence electrons. The van der Waals surface area contributed by atoms with Gasteiger partial charge in [0.25, 0.3) is 0 Å². The van der Waals surface area contributed by atoms with Gasteiger partial charge in [0.15, 0.2) is 0 Å². The second kappa shape index (κ2) is 6.95. The summed E-state index contributed by atoms with van der Waals surface area (Å²) in [5, 5.41) is 5.58. The Kier molecular flexibility index (Phi) is 4.77. The van der Waals surface area contributed by atoms with Crippen LogP contribution >= 0.6 is 23.2 Å². The quantitative estimate of drug-likeness (QED) is 0.704. The molecule has 1 aromatic heterocycles. The molecule has 5 nitrogen and oxygen atoms in total. The fourth-order valence-electron chi connectivity index (χ4n) is 4.36. The standard InChI is InChI=1S/C20H21Cl2N3O2/c1-11-18(25-19(26)14-5-3-4-6-15(14)20(25)27)12(2)24(23-11)10-13-7-8-16(21)17(22)9-13/h7-9,14-15H,3-6,10H2,1-2H3/t14-,15+. The van der Waals surface area contributed by atoms with Gasteiger partial charge in [-0.25, -0.2) is 4.90 Å². The lowest BCUT2D eigenvalue weighted by atomic mass is 9.81. The van der Waals surface area contributed by atoms with Crippen molar-refractivity contribution in [2.45, 2.75) is 46.1 Å². The third kappa shape index (κ3) is 3.07. The van der Waals surface area contributed by atoms with Gasteiger partial charge >= 0.3 is 0 Å². The van der Waals surface area contributed by atoms with Crippen molar-refractivity contribution in [2.24, 2.45) is 11.8 Å². The molecule has 0 radical (unpaired) electrons. The van der Waals surface area contributed by atoms with Crippen LogP contribution in [0.5, 0.6) is 0 Å². The molecule has 7 heteroatoms. The summed E-state index contributed by atoms with van der Waals surface area (Å²) < 4.78 is 1.81. The van der Waals surface area contributed by atoms with Crippen LogP contribution in [0.15, 0.2) is 18.2 Å². The fraction of sp³-hybridized carbons (Fsp3) is 0.450. The number of carbonyl (C=O) groups excluding carboxylic acids is 2. The zero-order chi connectivity index (χ0) is 19.3. The van der Waals surface area contributed by atoms with Gasteiger partial charge in [-0.15, -0.1) is 0 Å². The number of aryl methyl sites for hydroxylation is 1. The Hall–Kier alpha value is -1.85. The predicted octanol–water partition coefficient (Wildman–Crippen LogP) is 4.53. The number of anilines is 1. The van der Waals surface area contributed by atoms with Gasteiger partial charge in [-0.05, 0) is 44.4 Å². The molecule has 0 bridgehead atoms. The minimum atomic E-state index is -0.163. The van der Waals surface area contributed by atoms with Crippen LogP contribution < -0.4 is 4.90 Å². The molecule has 27 heavy (non-hydrogen) atoms. The number of hydrogen-bond acceptors (Lipinski definition) is 3. The van der Waals surface area contributed by atoms with Crippen LogP contribution in [0, 0.1) is 25.7 Å². The molecule has 2 fully saturated rings. The van der Waals surface area contributed by atoms with Crippen LogP contribution in [0.4, 0.5) is 5.69 Å². The van der Waals surface area contributed by atoms with E-state index >= 15 is 0 Å². The van der Waals surface area contributed by atoms with Crippen molar-refractivity contribution in [3.63, 3.8) is 0 Å². The lowest BCUT2D eigenvalue weighted by molar-refractivity contribution is -0.122. The number of amides is 2. The highest BCUT2D eigenvalue weighted by molar-refractivity contribution is 6.42. The van der Waals surface area contributed by atoms with E-state index in [1.165, 1.54) is 4.90 Å². The summed E-state index contributed by atoms with van der Waals surface area (Å²) in [6, 6.07) is 5.45. The number of fused-ring (bicyclic) bond motifs is 1. The second-order valence-electron chi connectivity index (χ2n) is 7.43. The van der Waals surface area contributed by atoms with Crippen LogP contribution in [0.25, 0.3) is 0 Å². The Morgan fingerprint density at radius 1 is 1.04 bits per heavy atom. The van der Waals surface area contributed by atoms with Crippen molar-refractivity contribution in [3.8, 4) is 0 Å². The van der Waals surface area contributed by atoms with Crippen molar-refractivity contribution >= 4 is 40.7 Å². The van der Waals surface area contributed by atoms with E-state index in [0.717, 1.165) is 36.9 Å². The van der Waals surface area contributed by atoms with E-state index in [1.807, 2.05) is 24.6 Å². The molecule has 2 aromatic rings. The van der Waals surface area contributed by atoms with Crippen molar-refractivity contribution in [1.29, 1.82) is 0 Å². The molecule has 2 aliphatic rings. The van der Waals surface area contributed by atoms with E-state index in [4.69, 9.17) is 23.2 Å². The van der Waals surface area contributed by atoms with Crippen LogP contribution in [-0.4, -0.2) is 21.6 Å². The molecular formula is C20H21Cl2N3O2. The van der Waals surface area contributed by atoms with E-state index in [-0.39, 0.29) is 23.7 Å². The molecule has 4 rings (SSSR count). The molecule has 2 heterocycles. The van der Waals surface area contributed by atoms with Crippen molar-refractivity contribution in [1.82, 2.24) is 9.78 Å². The first kappa shape index (κ1) is 18.5. The molecule has 0 unspecified atom stereocenters. The molecule has 1 aliphatic carbocycles. The summed E-state index contributed by atoms with van der Waals surface area (Å²) in [4.78, 5) is 27.3. The van der Waals surface area contributed by atoms with Gasteiger partial charge in [-0.1, -0.05) is 42.1 Å². The molecule has 2 atom stereocenters. The molecule has 2 amide bonds. The summed E-state index contributed by atoms with van der Waals surface area (Å²) in [6.07, 6.45) is 3.65. The third-order valence-electron chi connectivity index (χ3n) is 5.72. The Labute approximate surface area is 168 Å². The predicted molar refractivity (Wildman–Crippen MR) is 105 cm³/mol. The summed E-state index contributed by atoms with van der Waals surface area (Å²) in [5.41, 5.74) is 3.08. The van der Waals surface area contributed by atoms with Gasteiger partial charge in [-0.3, -0.25) is 14.3 Å². The summed E-state index contributed by atoms with van der Waals surface area (Å²) in [7, 11) is 0. The number of benzene rings is 1. The monoisotopic (exact) mass is 405 g/mol. The van der Waals surface area contributed by atoms with Gasteiger partial charge in [0.1, 0.15) is 0 Å². The topological polar surface area (TPSA) is 55.2 Å². The minimum Gasteiger partial charge on any atom is -0.274 e. The number of aromatic nitrogens is 2. The molecule has 1 aromatic carbocycles. The first-order valence-electron chi connectivity index (χ1n) is 9.24. The zero-order valence-electron chi connectivity index (χ0n) is 15.3. The Morgan fingerprint density at radius 2 is 1.67 bits per heavy atom. The summed E-state index contributed by atoms with van der Waals surface area (Å²) >= 11 is 12.1. The van der Waals surface area contributed by atoms with Gasteiger partial charge in [-0.2, -0.15) is 5.10 Å². The van der Waals surface area contributed by atoms with Crippen molar-refractivity contribution < 1.29 is 9.59 Å². The summed E-state index contributed by atoms with van der Waals surface area (Å²) in [5.74, 6) is -0.457. The van der Waals surface area contributed by atoms with Crippen molar-refractivity contribution in [2.75, 3.05) is 4.90 Å². The number of imide groups is 1. The van der Waals surface area contributed by atoms with E-state index in [2.05, 4.69) is 5.10 Å². The lowest BCUT2D eigenvalue weighted by Gasteiger charge is -2.19. The van der Waals surface area contributed by atoms with Gasteiger partial charge in [0.2, 0.25) is 11.8 Å².